The van der Waals surface area contributed by atoms with Crippen molar-refractivity contribution in [2.24, 2.45) is 0 Å². The molecule has 1 aromatic heterocycles. The van der Waals surface area contributed by atoms with E-state index < -0.39 is 0 Å². The third-order valence-corrected chi connectivity index (χ3v) is 6.18. The van der Waals surface area contributed by atoms with Crippen molar-refractivity contribution in [2.75, 3.05) is 25.0 Å². The second-order valence-electron chi connectivity index (χ2n) is 5.21. The number of thiazole rings is 1. The third kappa shape index (κ3) is 3.41. The maximum Gasteiger partial charge on any atom is 0.185 e. The molecule has 0 unspecified atom stereocenters. The number of nitrogens with zero attached hydrogens (tertiary/aromatic N) is 3. The van der Waals surface area contributed by atoms with Crippen molar-refractivity contribution in [1.82, 2.24) is 9.88 Å². The number of aromatic nitrogens is 1. The van der Waals surface area contributed by atoms with E-state index in [2.05, 4.69) is 22.2 Å². The molecule has 3 rings (SSSR count). The lowest BCUT2D eigenvalue weighted by Gasteiger charge is -2.17. The quantitative estimate of drug-likeness (QED) is 0.792. The van der Waals surface area contributed by atoms with Gasteiger partial charge < -0.3 is 9.80 Å². The normalized spacial score (nSPS) is 18.9. The Morgan fingerprint density at radius 2 is 2.26 bits per heavy atom. The molecule has 0 aromatic carbocycles. The fraction of sp³-hybridized carbons (Fsp3) is 0.692. The Balaban J connectivity index is 1.50. The molecule has 3 nitrogen and oxygen atoms in total. The van der Waals surface area contributed by atoms with E-state index in [9.17, 15) is 0 Å². The smallest absolute Gasteiger partial charge is 0.185 e. The van der Waals surface area contributed by atoms with Crippen LogP contribution >= 0.6 is 35.3 Å². The average molecular weight is 314 g/mol. The lowest BCUT2D eigenvalue weighted by molar-refractivity contribution is 0.539. The Morgan fingerprint density at radius 1 is 1.53 bits per heavy atom. The molecule has 1 saturated heterocycles. The molecule has 1 aliphatic carbocycles. The predicted molar refractivity (Wildman–Crippen MR) is 88.2 cm³/mol. The summed E-state index contributed by atoms with van der Waals surface area (Å²) < 4.78 is 1.04. The maximum atomic E-state index is 5.48. The van der Waals surface area contributed by atoms with Gasteiger partial charge in [-0.05, 0) is 25.7 Å². The average Bonchev–Trinajstić information content (AvgIpc) is 2.94. The van der Waals surface area contributed by atoms with Crippen molar-refractivity contribution in [3.8, 4) is 0 Å². The molecule has 0 N–H and O–H groups in total. The van der Waals surface area contributed by atoms with Crippen LogP contribution in [0.4, 0.5) is 5.13 Å². The number of hydrogen-bond donors (Lipinski definition) is 0. The molecule has 0 radical (unpaired) electrons. The Labute approximate surface area is 128 Å². The molecule has 1 saturated carbocycles. The summed E-state index contributed by atoms with van der Waals surface area (Å²) >= 11 is 8.99. The van der Waals surface area contributed by atoms with Crippen molar-refractivity contribution < 1.29 is 0 Å². The van der Waals surface area contributed by atoms with Gasteiger partial charge in [-0.1, -0.05) is 24.0 Å². The highest BCUT2D eigenvalue weighted by Gasteiger charge is 2.28. The first kappa shape index (κ1) is 13.6. The molecule has 104 valence electrons. The van der Waals surface area contributed by atoms with Gasteiger partial charge in [-0.3, -0.25) is 0 Å². The minimum absolute atomic E-state index is 0.734. The Hall–Kier alpha value is -0.330. The molecule has 0 bridgehead atoms. The molecule has 2 aliphatic rings. The zero-order valence-corrected chi connectivity index (χ0v) is 13.6. The van der Waals surface area contributed by atoms with E-state index in [1.54, 1.807) is 23.1 Å². The van der Waals surface area contributed by atoms with Gasteiger partial charge in [0.05, 0.1) is 5.69 Å². The highest BCUT2D eigenvalue weighted by atomic mass is 32.2. The van der Waals surface area contributed by atoms with Gasteiger partial charge >= 0.3 is 0 Å². The van der Waals surface area contributed by atoms with Gasteiger partial charge in [0.2, 0.25) is 0 Å². The van der Waals surface area contributed by atoms with Crippen molar-refractivity contribution >= 4 is 44.8 Å². The van der Waals surface area contributed by atoms with Crippen molar-refractivity contribution in [3.05, 3.63) is 11.1 Å². The summed E-state index contributed by atoms with van der Waals surface area (Å²) in [6, 6.07) is 0.734. The van der Waals surface area contributed by atoms with Crippen molar-refractivity contribution in [3.63, 3.8) is 0 Å². The Bertz CT molecular complexity index is 450. The summed E-state index contributed by atoms with van der Waals surface area (Å²) in [5, 5.41) is 3.33. The number of rotatable bonds is 4. The van der Waals surface area contributed by atoms with Crippen molar-refractivity contribution in [2.45, 2.75) is 37.5 Å². The van der Waals surface area contributed by atoms with Crippen LogP contribution in [0.15, 0.2) is 5.38 Å². The molecule has 0 amide bonds. The van der Waals surface area contributed by atoms with Gasteiger partial charge in [0.15, 0.2) is 5.13 Å². The number of likely N-dealkylation sites (tertiary alicyclic amines) is 1. The number of thiocarbonyl (C=S) groups is 1. The Kier molecular flexibility index (Phi) is 4.29. The topological polar surface area (TPSA) is 19.4 Å². The van der Waals surface area contributed by atoms with Crippen LogP contribution < -0.4 is 4.90 Å². The van der Waals surface area contributed by atoms with Gasteiger partial charge in [-0.15, -0.1) is 11.3 Å². The first-order chi connectivity index (χ1) is 9.24. The van der Waals surface area contributed by atoms with E-state index in [1.807, 2.05) is 0 Å². The van der Waals surface area contributed by atoms with Crippen LogP contribution in [0.2, 0.25) is 0 Å². The summed E-state index contributed by atoms with van der Waals surface area (Å²) in [4.78, 5) is 9.36. The van der Waals surface area contributed by atoms with Crippen LogP contribution in [0.25, 0.3) is 0 Å². The largest absolute Gasteiger partial charge is 0.358 e. The molecule has 1 aromatic rings. The zero-order valence-electron chi connectivity index (χ0n) is 11.2. The zero-order chi connectivity index (χ0) is 13.2. The fourth-order valence-corrected chi connectivity index (χ4v) is 4.38. The molecule has 2 heterocycles. The van der Waals surface area contributed by atoms with Crippen LogP contribution in [-0.2, 0) is 5.75 Å². The highest BCUT2D eigenvalue weighted by molar-refractivity contribution is 8.22. The predicted octanol–water partition coefficient (Wildman–Crippen LogP) is 3.36. The van der Waals surface area contributed by atoms with Gasteiger partial charge in [0.1, 0.15) is 4.32 Å². The van der Waals surface area contributed by atoms with Gasteiger partial charge in [0.25, 0.3) is 0 Å². The van der Waals surface area contributed by atoms with Crippen LogP contribution in [0.5, 0.6) is 0 Å². The third-order valence-electron chi connectivity index (χ3n) is 3.64. The van der Waals surface area contributed by atoms with Gasteiger partial charge in [-0.2, -0.15) is 0 Å². The van der Waals surface area contributed by atoms with Crippen LogP contribution in [-0.4, -0.2) is 40.4 Å². The lowest BCUT2D eigenvalue weighted by Crippen LogP contribution is -2.23. The summed E-state index contributed by atoms with van der Waals surface area (Å²) in [7, 11) is 2.16. The van der Waals surface area contributed by atoms with E-state index in [0.29, 0.717) is 0 Å². The van der Waals surface area contributed by atoms with E-state index in [1.165, 1.54) is 31.4 Å². The number of anilines is 1. The summed E-state index contributed by atoms with van der Waals surface area (Å²) in [5.41, 5.74) is 1.17. The van der Waals surface area contributed by atoms with E-state index in [0.717, 1.165) is 34.3 Å². The molecule has 0 spiro atoms. The molecule has 2 fully saturated rings. The SMILES string of the molecule is CN(c1nc(CSC(=S)N2CCCC2)cs1)C1CC1. The molecular weight excluding hydrogens is 294 g/mol. The first-order valence-electron chi connectivity index (χ1n) is 6.83. The minimum Gasteiger partial charge on any atom is -0.358 e. The molecule has 6 heteroatoms. The second kappa shape index (κ2) is 5.97. The summed E-state index contributed by atoms with van der Waals surface area (Å²) in [6.45, 7) is 2.27. The monoisotopic (exact) mass is 313 g/mol. The summed E-state index contributed by atoms with van der Waals surface area (Å²) in [5.74, 6) is 0.907. The standard InChI is InChI=1S/C13H19N3S3/c1-15(11-4-5-11)12-14-10(8-18-12)9-19-13(17)16-6-2-3-7-16/h8,11H,2-7,9H2,1H3. The van der Waals surface area contributed by atoms with Crippen LogP contribution in [0, 0.1) is 0 Å². The van der Waals surface area contributed by atoms with E-state index in [4.69, 9.17) is 17.2 Å². The highest BCUT2D eigenvalue weighted by Crippen LogP contribution is 2.32. The fourth-order valence-electron chi connectivity index (χ4n) is 2.27. The first-order valence-corrected chi connectivity index (χ1v) is 9.10. The Morgan fingerprint density at radius 3 is 2.95 bits per heavy atom. The molecular formula is C13H19N3S3. The van der Waals surface area contributed by atoms with Crippen LogP contribution in [0.1, 0.15) is 31.4 Å². The van der Waals surface area contributed by atoms with E-state index in [-0.39, 0.29) is 0 Å². The maximum absolute atomic E-state index is 5.48. The van der Waals surface area contributed by atoms with Crippen molar-refractivity contribution in [1.29, 1.82) is 0 Å². The lowest BCUT2D eigenvalue weighted by atomic mass is 10.4. The van der Waals surface area contributed by atoms with Gasteiger partial charge in [0, 0.05) is 37.3 Å². The molecule has 19 heavy (non-hydrogen) atoms. The molecule has 1 aliphatic heterocycles. The van der Waals surface area contributed by atoms with Gasteiger partial charge in [-0.25, -0.2) is 4.98 Å². The number of thioether (sulfide) groups is 1. The molecule has 0 atom stereocenters. The second-order valence-corrected chi connectivity index (χ2v) is 7.66. The van der Waals surface area contributed by atoms with Crippen LogP contribution in [0.3, 0.4) is 0 Å². The van der Waals surface area contributed by atoms with E-state index >= 15 is 0 Å². The summed E-state index contributed by atoms with van der Waals surface area (Å²) in [6.07, 6.45) is 5.21. The number of hydrogen-bond acceptors (Lipinski definition) is 5. The minimum atomic E-state index is 0.734.